The van der Waals surface area contributed by atoms with Crippen LogP contribution in [-0.2, 0) is 9.84 Å². The van der Waals surface area contributed by atoms with Crippen LogP contribution in [0.1, 0.15) is 24.2 Å². The molecule has 0 spiro atoms. The van der Waals surface area contributed by atoms with Gasteiger partial charge >= 0.3 is 6.01 Å². The van der Waals surface area contributed by atoms with Crippen LogP contribution in [0, 0.1) is 0 Å². The number of aromatic nitrogens is 2. The second kappa shape index (κ2) is 8.22. The van der Waals surface area contributed by atoms with Crippen LogP contribution in [0.4, 0.5) is 6.01 Å². The Labute approximate surface area is 162 Å². The molecule has 146 valence electrons. The maximum Gasteiger partial charge on any atom is 0.322 e. The van der Waals surface area contributed by atoms with E-state index >= 15 is 0 Å². The molecule has 0 saturated heterocycles. The smallest absolute Gasteiger partial charge is 0.322 e. The zero-order valence-electron chi connectivity index (χ0n) is 15.4. The van der Waals surface area contributed by atoms with Gasteiger partial charge in [-0.15, -0.1) is 5.10 Å². The van der Waals surface area contributed by atoms with Crippen molar-refractivity contribution in [3.63, 3.8) is 0 Å². The zero-order valence-corrected chi connectivity index (χ0v) is 16.2. The summed E-state index contributed by atoms with van der Waals surface area (Å²) < 4.78 is 34.8. The largest absolute Gasteiger partial charge is 0.494 e. The van der Waals surface area contributed by atoms with Crippen LogP contribution in [0.3, 0.4) is 0 Å². The van der Waals surface area contributed by atoms with Crippen molar-refractivity contribution in [1.82, 2.24) is 10.2 Å². The van der Waals surface area contributed by atoms with E-state index in [0.717, 1.165) is 5.75 Å². The number of nitrogens with zero attached hydrogens (tertiary/aromatic N) is 2. The van der Waals surface area contributed by atoms with Crippen LogP contribution >= 0.6 is 0 Å². The van der Waals surface area contributed by atoms with E-state index in [9.17, 15) is 13.2 Å². The first-order valence-corrected chi connectivity index (χ1v) is 10.3. The number of ether oxygens (including phenoxy) is 1. The number of hydrogen-bond donors (Lipinski definition) is 1. The number of hydrogen-bond acceptors (Lipinski definition) is 7. The molecule has 1 aromatic heterocycles. The average molecular weight is 401 g/mol. The van der Waals surface area contributed by atoms with E-state index in [1.807, 2.05) is 6.92 Å². The molecular weight excluding hydrogens is 382 g/mol. The van der Waals surface area contributed by atoms with Gasteiger partial charge in [0.1, 0.15) is 5.75 Å². The molecule has 0 aliphatic rings. The van der Waals surface area contributed by atoms with E-state index in [2.05, 4.69) is 15.5 Å². The third kappa shape index (κ3) is 4.37. The predicted octanol–water partition coefficient (Wildman–Crippen LogP) is 3.18. The van der Waals surface area contributed by atoms with Crippen molar-refractivity contribution in [3.8, 4) is 17.2 Å². The first-order chi connectivity index (χ1) is 13.4. The number of anilines is 1. The highest BCUT2D eigenvalue weighted by Gasteiger charge is 2.16. The van der Waals surface area contributed by atoms with Gasteiger partial charge in [0.2, 0.25) is 5.89 Å². The van der Waals surface area contributed by atoms with Crippen LogP contribution < -0.4 is 10.1 Å². The Balaban J connectivity index is 1.75. The molecule has 9 heteroatoms. The van der Waals surface area contributed by atoms with Gasteiger partial charge in [-0.2, -0.15) is 0 Å². The van der Waals surface area contributed by atoms with Gasteiger partial charge in [0, 0.05) is 11.1 Å². The van der Waals surface area contributed by atoms with Gasteiger partial charge in [0.25, 0.3) is 5.91 Å². The van der Waals surface area contributed by atoms with E-state index in [4.69, 9.17) is 9.15 Å². The first kappa shape index (κ1) is 19.6. The molecule has 28 heavy (non-hydrogen) atoms. The highest BCUT2D eigenvalue weighted by Crippen LogP contribution is 2.23. The lowest BCUT2D eigenvalue weighted by Gasteiger charge is -2.04. The van der Waals surface area contributed by atoms with Crippen LogP contribution in [-0.4, -0.2) is 36.9 Å². The second-order valence-electron chi connectivity index (χ2n) is 5.76. The predicted molar refractivity (Wildman–Crippen MR) is 103 cm³/mol. The molecule has 2 aromatic carbocycles. The molecule has 1 N–H and O–H groups in total. The Kier molecular flexibility index (Phi) is 5.74. The summed E-state index contributed by atoms with van der Waals surface area (Å²) in [5, 5.41) is 10.2. The summed E-state index contributed by atoms with van der Waals surface area (Å²) in [6.07, 6.45) is 0. The lowest BCUT2D eigenvalue weighted by Crippen LogP contribution is -2.13. The Bertz CT molecular complexity index is 1070. The molecule has 1 heterocycles. The lowest BCUT2D eigenvalue weighted by atomic mass is 10.2. The molecule has 0 fully saturated rings. The number of nitrogens with one attached hydrogen (secondary N) is 1. The summed E-state index contributed by atoms with van der Waals surface area (Å²) >= 11 is 0. The van der Waals surface area contributed by atoms with Crippen LogP contribution in [0.2, 0.25) is 0 Å². The zero-order chi connectivity index (χ0) is 20.1. The van der Waals surface area contributed by atoms with Crippen LogP contribution in [0.15, 0.2) is 57.8 Å². The van der Waals surface area contributed by atoms with Gasteiger partial charge in [-0.25, -0.2) is 8.42 Å². The third-order valence-electron chi connectivity index (χ3n) is 3.89. The Morgan fingerprint density at radius 2 is 1.86 bits per heavy atom. The van der Waals surface area contributed by atoms with E-state index in [0.29, 0.717) is 12.2 Å². The molecule has 0 atom stereocenters. The van der Waals surface area contributed by atoms with Crippen molar-refractivity contribution in [2.24, 2.45) is 0 Å². The molecule has 0 saturated carbocycles. The Hall–Kier alpha value is -3.20. The van der Waals surface area contributed by atoms with E-state index in [-0.39, 0.29) is 28.1 Å². The van der Waals surface area contributed by atoms with Gasteiger partial charge in [-0.1, -0.05) is 18.1 Å². The molecule has 0 aliphatic heterocycles. The maximum atomic E-state index is 12.4. The molecule has 0 radical (unpaired) electrons. The van der Waals surface area contributed by atoms with Crippen molar-refractivity contribution in [2.75, 3.05) is 17.7 Å². The van der Waals surface area contributed by atoms with Crippen molar-refractivity contribution < 1.29 is 22.4 Å². The highest BCUT2D eigenvalue weighted by molar-refractivity contribution is 7.91. The maximum absolute atomic E-state index is 12.4. The molecule has 0 bridgehead atoms. The van der Waals surface area contributed by atoms with Crippen molar-refractivity contribution >= 4 is 21.8 Å². The summed E-state index contributed by atoms with van der Waals surface area (Å²) in [6.45, 7) is 4.01. The number of carbonyl (C=O) groups is 1. The molecule has 0 unspecified atom stereocenters. The standard InChI is InChI=1S/C19H19N3O5S/c1-3-26-15-10-8-13(9-11-15)18-21-22-19(27-18)20-17(23)14-6-5-7-16(12-14)28(24,25)4-2/h5-12H,3-4H2,1-2H3,(H,20,22,23). The van der Waals surface area contributed by atoms with E-state index in [1.54, 1.807) is 31.2 Å². The van der Waals surface area contributed by atoms with Gasteiger partial charge < -0.3 is 9.15 Å². The summed E-state index contributed by atoms with van der Waals surface area (Å²) in [7, 11) is -3.41. The molecule has 0 aliphatic carbocycles. The molecular formula is C19H19N3O5S. The fourth-order valence-electron chi connectivity index (χ4n) is 2.42. The number of sulfone groups is 1. The average Bonchev–Trinajstić information content (AvgIpc) is 3.17. The highest BCUT2D eigenvalue weighted by atomic mass is 32.2. The number of rotatable bonds is 7. The quantitative estimate of drug-likeness (QED) is 0.647. The van der Waals surface area contributed by atoms with Crippen molar-refractivity contribution in [2.45, 2.75) is 18.7 Å². The number of amides is 1. The summed E-state index contributed by atoms with van der Waals surface area (Å²) in [6, 6.07) is 12.8. The van der Waals surface area contributed by atoms with Crippen molar-refractivity contribution in [1.29, 1.82) is 0 Å². The van der Waals surface area contributed by atoms with Gasteiger partial charge in [-0.3, -0.25) is 10.1 Å². The normalized spacial score (nSPS) is 11.2. The Morgan fingerprint density at radius 1 is 1.11 bits per heavy atom. The summed E-state index contributed by atoms with van der Waals surface area (Å²) in [4.78, 5) is 12.5. The second-order valence-corrected chi connectivity index (χ2v) is 8.03. The van der Waals surface area contributed by atoms with Crippen molar-refractivity contribution in [3.05, 3.63) is 54.1 Å². The lowest BCUT2D eigenvalue weighted by molar-refractivity contribution is 0.102. The minimum atomic E-state index is -3.41. The molecule has 1 amide bonds. The van der Waals surface area contributed by atoms with E-state index in [1.165, 1.54) is 24.3 Å². The van der Waals surface area contributed by atoms with Gasteiger partial charge in [0.15, 0.2) is 9.84 Å². The minimum absolute atomic E-state index is 0.0484. The van der Waals surface area contributed by atoms with Crippen LogP contribution in [0.25, 0.3) is 11.5 Å². The first-order valence-electron chi connectivity index (χ1n) is 8.64. The monoisotopic (exact) mass is 401 g/mol. The summed E-state index contributed by atoms with van der Waals surface area (Å²) in [5.74, 6) is 0.365. The minimum Gasteiger partial charge on any atom is -0.494 e. The topological polar surface area (TPSA) is 111 Å². The molecule has 3 rings (SSSR count). The van der Waals surface area contributed by atoms with E-state index < -0.39 is 15.7 Å². The number of carbonyl (C=O) groups excluding carboxylic acids is 1. The Morgan fingerprint density at radius 3 is 2.54 bits per heavy atom. The molecule has 3 aromatic rings. The van der Waals surface area contributed by atoms with Crippen LogP contribution in [0.5, 0.6) is 5.75 Å². The van der Waals surface area contributed by atoms with Gasteiger partial charge in [-0.05, 0) is 49.4 Å². The summed E-state index contributed by atoms with van der Waals surface area (Å²) in [5.41, 5.74) is 0.850. The molecule has 8 nitrogen and oxygen atoms in total. The number of benzene rings is 2. The fourth-order valence-corrected chi connectivity index (χ4v) is 3.34. The SMILES string of the molecule is CCOc1ccc(-c2nnc(NC(=O)c3cccc(S(=O)(=O)CC)c3)o2)cc1. The van der Waals surface area contributed by atoms with Gasteiger partial charge in [0.05, 0.1) is 17.3 Å². The third-order valence-corrected chi connectivity index (χ3v) is 5.63. The fraction of sp³-hybridized carbons (Fsp3) is 0.211.